The summed E-state index contributed by atoms with van der Waals surface area (Å²) in [6.45, 7) is 6.51. The lowest BCUT2D eigenvalue weighted by atomic mass is 9.82. The molecule has 1 saturated carbocycles. The van der Waals surface area contributed by atoms with E-state index in [0.717, 1.165) is 19.0 Å². The van der Waals surface area contributed by atoms with Gasteiger partial charge in [0, 0.05) is 18.8 Å². The van der Waals surface area contributed by atoms with Crippen LogP contribution >= 0.6 is 0 Å². The van der Waals surface area contributed by atoms with Crippen molar-refractivity contribution in [1.29, 1.82) is 0 Å². The molecular weight excluding hydrogens is 244 g/mol. The molecule has 1 aliphatic rings. The van der Waals surface area contributed by atoms with Crippen LogP contribution in [0.4, 0.5) is 5.69 Å². The maximum Gasteiger partial charge on any atom is 0.0552 e. The van der Waals surface area contributed by atoms with Crippen molar-refractivity contribution < 1.29 is 0 Å². The molecule has 0 heterocycles. The average Bonchev–Trinajstić information content (AvgIpc) is 2.93. The van der Waals surface area contributed by atoms with Crippen LogP contribution in [0, 0.1) is 5.92 Å². The highest BCUT2D eigenvalue weighted by Crippen LogP contribution is 2.43. The Kier molecular flexibility index (Phi) is 5.47. The van der Waals surface area contributed by atoms with E-state index in [1.807, 2.05) is 0 Å². The fourth-order valence-electron chi connectivity index (χ4n) is 3.98. The molecule has 1 fully saturated rings. The van der Waals surface area contributed by atoms with E-state index in [-0.39, 0.29) is 5.54 Å². The van der Waals surface area contributed by atoms with Gasteiger partial charge in [-0.15, -0.1) is 0 Å². The summed E-state index contributed by atoms with van der Waals surface area (Å²) in [7, 11) is 0. The molecule has 112 valence electrons. The first-order valence-electron chi connectivity index (χ1n) is 8.31. The number of nitrogens with zero attached hydrogens (tertiary/aromatic N) is 1. The molecule has 0 bridgehead atoms. The Morgan fingerprint density at radius 3 is 2.60 bits per heavy atom. The minimum Gasteiger partial charge on any atom is -0.364 e. The Hall–Kier alpha value is -1.02. The lowest BCUT2D eigenvalue weighted by Crippen LogP contribution is -2.57. The van der Waals surface area contributed by atoms with Crippen LogP contribution in [0.5, 0.6) is 0 Å². The van der Waals surface area contributed by atoms with Crippen molar-refractivity contribution in [2.24, 2.45) is 11.7 Å². The topological polar surface area (TPSA) is 29.3 Å². The molecular formula is C18H30N2. The predicted octanol–water partition coefficient (Wildman–Crippen LogP) is 4.20. The van der Waals surface area contributed by atoms with Crippen molar-refractivity contribution in [2.75, 3.05) is 18.0 Å². The Morgan fingerprint density at radius 2 is 2.00 bits per heavy atom. The van der Waals surface area contributed by atoms with Crippen LogP contribution in [0.1, 0.15) is 52.4 Å². The number of para-hydroxylation sites is 1. The van der Waals surface area contributed by atoms with E-state index < -0.39 is 0 Å². The zero-order valence-electron chi connectivity index (χ0n) is 13.1. The summed E-state index contributed by atoms with van der Waals surface area (Å²) >= 11 is 0. The zero-order chi connectivity index (χ0) is 14.4. The lowest BCUT2D eigenvalue weighted by Gasteiger charge is -2.46. The minimum absolute atomic E-state index is 0.186. The van der Waals surface area contributed by atoms with Gasteiger partial charge >= 0.3 is 0 Å². The van der Waals surface area contributed by atoms with E-state index in [9.17, 15) is 0 Å². The molecule has 1 aromatic rings. The van der Waals surface area contributed by atoms with E-state index in [4.69, 9.17) is 5.73 Å². The van der Waals surface area contributed by atoms with Gasteiger partial charge in [0.2, 0.25) is 0 Å². The van der Waals surface area contributed by atoms with Gasteiger partial charge in [-0.25, -0.2) is 0 Å². The maximum absolute atomic E-state index is 6.30. The van der Waals surface area contributed by atoms with Gasteiger partial charge in [0.1, 0.15) is 0 Å². The molecule has 1 aliphatic carbocycles. The third-order valence-corrected chi connectivity index (χ3v) is 5.11. The van der Waals surface area contributed by atoms with Crippen molar-refractivity contribution in [3.05, 3.63) is 30.3 Å². The third-order valence-electron chi connectivity index (χ3n) is 5.11. The van der Waals surface area contributed by atoms with Gasteiger partial charge < -0.3 is 10.6 Å². The van der Waals surface area contributed by atoms with Gasteiger partial charge in [0.25, 0.3) is 0 Å². The van der Waals surface area contributed by atoms with Crippen LogP contribution < -0.4 is 10.6 Å². The van der Waals surface area contributed by atoms with E-state index in [1.54, 1.807) is 0 Å². The van der Waals surface area contributed by atoms with Crippen LogP contribution in [0.2, 0.25) is 0 Å². The van der Waals surface area contributed by atoms with E-state index in [1.165, 1.54) is 44.2 Å². The molecule has 2 nitrogen and oxygen atoms in total. The summed E-state index contributed by atoms with van der Waals surface area (Å²) in [5, 5.41) is 0. The first kappa shape index (κ1) is 15.4. The Balaban J connectivity index is 2.33. The quantitative estimate of drug-likeness (QED) is 0.807. The van der Waals surface area contributed by atoms with Gasteiger partial charge in [0.15, 0.2) is 0 Å². The van der Waals surface area contributed by atoms with Crippen LogP contribution in [0.3, 0.4) is 0 Å². The fourth-order valence-corrected chi connectivity index (χ4v) is 3.98. The molecule has 2 atom stereocenters. The summed E-state index contributed by atoms with van der Waals surface area (Å²) < 4.78 is 0. The normalized spacial score (nSPS) is 25.9. The van der Waals surface area contributed by atoms with Crippen molar-refractivity contribution in [3.8, 4) is 0 Å². The molecule has 2 N–H and O–H groups in total. The SMILES string of the molecule is CCCCN(c1ccccc1)C1(CN)CCCC1CC. The molecule has 2 unspecified atom stereocenters. The molecule has 1 aromatic carbocycles. The smallest absolute Gasteiger partial charge is 0.0552 e. The van der Waals surface area contributed by atoms with E-state index in [0.29, 0.717) is 0 Å². The number of benzene rings is 1. The number of nitrogens with two attached hydrogens (primary N) is 1. The summed E-state index contributed by atoms with van der Waals surface area (Å²) in [5.41, 5.74) is 7.84. The van der Waals surface area contributed by atoms with Gasteiger partial charge in [-0.05, 0) is 37.3 Å². The average molecular weight is 274 g/mol. The molecule has 2 heteroatoms. The molecule has 0 aliphatic heterocycles. The highest BCUT2D eigenvalue weighted by molar-refractivity contribution is 5.50. The first-order chi connectivity index (χ1) is 9.78. The lowest BCUT2D eigenvalue weighted by molar-refractivity contribution is 0.289. The zero-order valence-corrected chi connectivity index (χ0v) is 13.1. The Morgan fingerprint density at radius 1 is 1.25 bits per heavy atom. The predicted molar refractivity (Wildman–Crippen MR) is 88.1 cm³/mol. The van der Waals surface area contributed by atoms with Crippen molar-refractivity contribution in [1.82, 2.24) is 0 Å². The fraction of sp³-hybridized carbons (Fsp3) is 0.667. The summed E-state index contributed by atoms with van der Waals surface area (Å²) in [4.78, 5) is 2.64. The Bertz CT molecular complexity index is 390. The third kappa shape index (κ3) is 2.85. The molecule has 0 amide bonds. The molecule has 2 rings (SSSR count). The van der Waals surface area contributed by atoms with Gasteiger partial charge in [-0.1, -0.05) is 51.3 Å². The van der Waals surface area contributed by atoms with Crippen molar-refractivity contribution in [2.45, 2.75) is 57.9 Å². The second kappa shape index (κ2) is 7.12. The van der Waals surface area contributed by atoms with Crippen molar-refractivity contribution >= 4 is 5.69 Å². The number of unbranched alkanes of at least 4 members (excludes halogenated alkanes) is 1. The standard InChI is InChI=1S/C18H30N2/c1-3-5-14-20(17-11-7-6-8-12-17)18(15-19)13-9-10-16(18)4-2/h6-8,11-12,16H,3-5,9-10,13-15,19H2,1-2H3. The number of anilines is 1. The highest BCUT2D eigenvalue weighted by atomic mass is 15.2. The van der Waals surface area contributed by atoms with E-state index in [2.05, 4.69) is 49.1 Å². The second-order valence-corrected chi connectivity index (χ2v) is 6.15. The summed E-state index contributed by atoms with van der Waals surface area (Å²) in [5.74, 6) is 0.740. The van der Waals surface area contributed by atoms with Gasteiger partial charge in [-0.3, -0.25) is 0 Å². The van der Waals surface area contributed by atoms with Crippen LogP contribution in [0.15, 0.2) is 30.3 Å². The minimum atomic E-state index is 0.186. The summed E-state index contributed by atoms with van der Waals surface area (Å²) in [6, 6.07) is 10.9. The van der Waals surface area contributed by atoms with Crippen molar-refractivity contribution in [3.63, 3.8) is 0 Å². The highest BCUT2D eigenvalue weighted by Gasteiger charge is 2.45. The van der Waals surface area contributed by atoms with E-state index >= 15 is 0 Å². The van der Waals surface area contributed by atoms with Crippen LogP contribution in [0.25, 0.3) is 0 Å². The monoisotopic (exact) mass is 274 g/mol. The molecule has 0 saturated heterocycles. The first-order valence-corrected chi connectivity index (χ1v) is 8.31. The maximum atomic E-state index is 6.30. The van der Waals surface area contributed by atoms with Gasteiger partial charge in [0.05, 0.1) is 5.54 Å². The molecule has 0 aromatic heterocycles. The molecule has 20 heavy (non-hydrogen) atoms. The number of hydrogen-bond acceptors (Lipinski definition) is 2. The molecule has 0 radical (unpaired) electrons. The van der Waals surface area contributed by atoms with Crippen LogP contribution in [-0.4, -0.2) is 18.6 Å². The molecule has 0 spiro atoms. The Labute approximate surface area is 124 Å². The van der Waals surface area contributed by atoms with Gasteiger partial charge in [-0.2, -0.15) is 0 Å². The van der Waals surface area contributed by atoms with Crippen LogP contribution in [-0.2, 0) is 0 Å². The number of hydrogen-bond donors (Lipinski definition) is 1. The largest absolute Gasteiger partial charge is 0.364 e. The second-order valence-electron chi connectivity index (χ2n) is 6.15. The summed E-state index contributed by atoms with van der Waals surface area (Å²) in [6.07, 6.45) is 7.63. The number of rotatable bonds is 7.